The molecule has 0 fully saturated rings. The van der Waals surface area contributed by atoms with Crippen molar-refractivity contribution in [3.63, 3.8) is 0 Å². The molecule has 0 aliphatic carbocycles. The summed E-state index contributed by atoms with van der Waals surface area (Å²) >= 11 is 0. The van der Waals surface area contributed by atoms with Crippen LogP contribution in [-0.4, -0.2) is 0 Å². The van der Waals surface area contributed by atoms with Gasteiger partial charge in [-0.25, -0.2) is 0 Å². The molecule has 0 aliphatic heterocycles. The molecule has 0 saturated heterocycles. The number of rotatable bonds is 2. The topological polar surface area (TPSA) is 0 Å². The molecule has 0 bridgehead atoms. The monoisotopic (exact) mass is 662 g/mol. The predicted octanol–water partition coefficient (Wildman–Crippen LogP) is 15.0. The highest BCUT2D eigenvalue weighted by Gasteiger charge is 2.21. The van der Waals surface area contributed by atoms with Crippen molar-refractivity contribution in [3.8, 4) is 22.3 Å². The first-order chi connectivity index (χ1) is 25.2. The molecule has 0 heteroatoms. The van der Waals surface area contributed by atoms with Crippen molar-refractivity contribution in [1.29, 1.82) is 0 Å². The van der Waals surface area contributed by atoms with E-state index in [0.29, 0.717) is 0 Å². The SMILES string of the molecule is Cc1ccc(C)c(-c2ccc3c(c2)c2cc4c5cc6c7cc(-c8cc(C)ccc8C)ccc7c7ccc(C)c(c5ccc4c4c(C)ccc3c24)c76)c1. The Morgan fingerprint density at radius 2 is 0.577 bits per heavy atom. The summed E-state index contributed by atoms with van der Waals surface area (Å²) in [5, 5.41) is 21.7. The maximum atomic E-state index is 2.53. The van der Waals surface area contributed by atoms with Crippen molar-refractivity contribution in [2.24, 2.45) is 0 Å². The number of fused-ring (bicyclic) bond motifs is 11. The van der Waals surface area contributed by atoms with Crippen LogP contribution in [0.5, 0.6) is 0 Å². The van der Waals surface area contributed by atoms with Gasteiger partial charge in [0.2, 0.25) is 0 Å². The van der Waals surface area contributed by atoms with E-state index in [9.17, 15) is 0 Å². The fraction of sp³-hybridized carbons (Fsp3) is 0.115. The lowest BCUT2D eigenvalue weighted by Crippen LogP contribution is -1.87. The van der Waals surface area contributed by atoms with Crippen molar-refractivity contribution in [2.45, 2.75) is 41.5 Å². The first kappa shape index (κ1) is 29.7. The van der Waals surface area contributed by atoms with Crippen molar-refractivity contribution in [2.75, 3.05) is 0 Å². The Balaban J connectivity index is 1.29. The van der Waals surface area contributed by atoms with Gasteiger partial charge >= 0.3 is 0 Å². The summed E-state index contributed by atoms with van der Waals surface area (Å²) in [6.45, 7) is 13.4. The molecule has 11 rings (SSSR count). The third-order valence-electron chi connectivity index (χ3n) is 12.4. The molecular weight excluding hydrogens is 625 g/mol. The van der Waals surface area contributed by atoms with Crippen LogP contribution in [0.15, 0.2) is 121 Å². The lowest BCUT2D eigenvalue weighted by atomic mass is 9.89. The van der Waals surface area contributed by atoms with Crippen LogP contribution in [0.25, 0.3) is 108 Å². The number of hydrogen-bond acceptors (Lipinski definition) is 0. The van der Waals surface area contributed by atoms with Crippen LogP contribution >= 0.6 is 0 Å². The Hall–Kier alpha value is -5.98. The van der Waals surface area contributed by atoms with E-state index in [1.807, 2.05) is 0 Å². The van der Waals surface area contributed by atoms with Crippen molar-refractivity contribution < 1.29 is 0 Å². The minimum absolute atomic E-state index is 1.29. The lowest BCUT2D eigenvalue weighted by Gasteiger charge is -2.14. The number of benzene rings is 9. The normalized spacial score (nSPS) is 12.4. The second-order valence-corrected chi connectivity index (χ2v) is 15.6. The number of aryl methyl sites for hydroxylation is 6. The van der Waals surface area contributed by atoms with Gasteiger partial charge in [-0.15, -0.1) is 0 Å². The fourth-order valence-electron chi connectivity index (χ4n) is 9.79. The molecule has 0 aromatic heterocycles. The van der Waals surface area contributed by atoms with E-state index >= 15 is 0 Å². The highest BCUT2D eigenvalue weighted by Crippen LogP contribution is 2.49. The Bertz CT molecular complexity index is 3110. The van der Waals surface area contributed by atoms with Crippen LogP contribution in [0, 0.1) is 41.5 Å². The van der Waals surface area contributed by atoms with Crippen LogP contribution < -0.4 is 0 Å². The molecule has 0 heterocycles. The third-order valence-corrected chi connectivity index (χ3v) is 12.4. The minimum Gasteiger partial charge on any atom is -0.0590 e. The summed E-state index contributed by atoms with van der Waals surface area (Å²) in [6, 6.07) is 47.1. The fourth-order valence-corrected chi connectivity index (χ4v) is 9.79. The summed E-state index contributed by atoms with van der Waals surface area (Å²) in [6.07, 6.45) is 0. The lowest BCUT2D eigenvalue weighted by molar-refractivity contribution is 1.39. The third kappa shape index (κ3) is 3.87. The van der Waals surface area contributed by atoms with Gasteiger partial charge in [-0.3, -0.25) is 0 Å². The standard InChI is InChI=1S/C52H38/c1-27-7-9-29(3)41(21-27)33-13-17-35-37-15-11-31(5)49-39-19-20-40-46(45(39)25-47(51(37)49)43(35)23-33)26-48-44-24-34(42-22-28(2)8-10-30(42)4)14-18-36(44)38-16-12-32(6)50(40)52(38)48/h7-26H,1-6H3. The van der Waals surface area contributed by atoms with Crippen LogP contribution in [0.3, 0.4) is 0 Å². The highest BCUT2D eigenvalue weighted by molar-refractivity contribution is 6.40. The van der Waals surface area contributed by atoms with E-state index in [-0.39, 0.29) is 0 Å². The molecule has 11 aromatic rings. The molecule has 0 atom stereocenters. The molecule has 246 valence electrons. The highest BCUT2D eigenvalue weighted by atomic mass is 14.2. The molecule has 52 heavy (non-hydrogen) atoms. The van der Waals surface area contributed by atoms with Gasteiger partial charge in [-0.2, -0.15) is 0 Å². The van der Waals surface area contributed by atoms with E-state index < -0.39 is 0 Å². The van der Waals surface area contributed by atoms with E-state index in [1.165, 1.54) is 142 Å². The van der Waals surface area contributed by atoms with Crippen LogP contribution in [0.2, 0.25) is 0 Å². The van der Waals surface area contributed by atoms with Gasteiger partial charge in [0, 0.05) is 0 Å². The molecular formula is C52H38. The zero-order valence-electron chi connectivity index (χ0n) is 30.5. The molecule has 11 aromatic carbocycles. The first-order valence-corrected chi connectivity index (χ1v) is 18.6. The summed E-state index contributed by atoms with van der Waals surface area (Å²) in [4.78, 5) is 0. The molecule has 0 amide bonds. The smallest absolute Gasteiger partial charge is 0.00172 e. The van der Waals surface area contributed by atoms with Gasteiger partial charge < -0.3 is 0 Å². The van der Waals surface area contributed by atoms with Gasteiger partial charge in [0.1, 0.15) is 0 Å². The van der Waals surface area contributed by atoms with E-state index in [4.69, 9.17) is 0 Å². The Morgan fingerprint density at radius 1 is 0.231 bits per heavy atom. The number of hydrogen-bond donors (Lipinski definition) is 0. The van der Waals surface area contributed by atoms with Gasteiger partial charge in [-0.05, 0) is 196 Å². The van der Waals surface area contributed by atoms with Crippen LogP contribution in [0.1, 0.15) is 33.4 Å². The Morgan fingerprint density at radius 3 is 1.02 bits per heavy atom. The average Bonchev–Trinajstić information content (AvgIpc) is 3.64. The molecule has 0 spiro atoms. The van der Waals surface area contributed by atoms with Crippen LogP contribution in [-0.2, 0) is 0 Å². The Kier molecular flexibility index (Phi) is 5.89. The molecule has 0 radical (unpaired) electrons. The van der Waals surface area contributed by atoms with E-state index in [0.717, 1.165) is 0 Å². The summed E-state index contributed by atoms with van der Waals surface area (Å²) in [7, 11) is 0. The quantitative estimate of drug-likeness (QED) is 0.162. The van der Waals surface area contributed by atoms with E-state index in [2.05, 4.69) is 163 Å². The zero-order chi connectivity index (χ0) is 35.2. The maximum absolute atomic E-state index is 2.53. The molecule has 0 nitrogen and oxygen atoms in total. The van der Waals surface area contributed by atoms with Crippen molar-refractivity contribution >= 4 is 86.2 Å². The summed E-state index contributed by atoms with van der Waals surface area (Å²) < 4.78 is 0. The largest absolute Gasteiger partial charge is 0.0590 e. The average molecular weight is 663 g/mol. The van der Waals surface area contributed by atoms with E-state index in [1.54, 1.807) is 0 Å². The molecule has 0 saturated carbocycles. The van der Waals surface area contributed by atoms with Gasteiger partial charge in [0.05, 0.1) is 0 Å². The van der Waals surface area contributed by atoms with Gasteiger partial charge in [0.15, 0.2) is 0 Å². The summed E-state index contributed by atoms with van der Waals surface area (Å²) in [5.41, 5.74) is 13.1. The second-order valence-electron chi connectivity index (χ2n) is 15.6. The Labute approximate surface area is 303 Å². The molecule has 0 N–H and O–H groups in total. The first-order valence-electron chi connectivity index (χ1n) is 18.6. The minimum atomic E-state index is 1.29. The van der Waals surface area contributed by atoms with Gasteiger partial charge in [0.25, 0.3) is 0 Å². The van der Waals surface area contributed by atoms with Crippen LogP contribution in [0.4, 0.5) is 0 Å². The van der Waals surface area contributed by atoms with Gasteiger partial charge in [-0.1, -0.05) is 108 Å². The zero-order valence-corrected chi connectivity index (χ0v) is 30.5. The molecule has 0 unspecified atom stereocenters. The molecule has 0 aliphatic rings. The second kappa shape index (κ2) is 10.3. The summed E-state index contributed by atoms with van der Waals surface area (Å²) in [5.74, 6) is 0. The predicted molar refractivity (Wildman–Crippen MR) is 228 cm³/mol. The van der Waals surface area contributed by atoms with Crippen molar-refractivity contribution in [3.05, 3.63) is 155 Å². The van der Waals surface area contributed by atoms with Crippen molar-refractivity contribution in [1.82, 2.24) is 0 Å². The maximum Gasteiger partial charge on any atom is -0.00172 e.